The second-order valence-electron chi connectivity index (χ2n) is 6.54. The minimum atomic E-state index is -0.415. The van der Waals surface area contributed by atoms with E-state index in [9.17, 15) is 4.79 Å². The maximum Gasteiger partial charge on any atom is 0.410 e. The highest BCUT2D eigenvalue weighted by molar-refractivity contribution is 7.99. The molecule has 1 aliphatic rings. The molecule has 1 fully saturated rings. The van der Waals surface area contributed by atoms with Crippen molar-refractivity contribution >= 4 is 17.9 Å². The number of nitrogens with zero attached hydrogens (tertiary/aromatic N) is 3. The van der Waals surface area contributed by atoms with Crippen molar-refractivity contribution in [3.05, 3.63) is 12.4 Å². The summed E-state index contributed by atoms with van der Waals surface area (Å²) in [5, 5.41) is 1.06. The Morgan fingerprint density at radius 2 is 2.05 bits per heavy atom. The largest absolute Gasteiger partial charge is 0.444 e. The van der Waals surface area contributed by atoms with Gasteiger partial charge in [-0.1, -0.05) is 11.8 Å². The maximum atomic E-state index is 12.0. The highest BCUT2D eigenvalue weighted by Gasteiger charge is 2.26. The molecule has 0 atom stereocenters. The van der Waals surface area contributed by atoms with Gasteiger partial charge < -0.3 is 14.2 Å². The summed E-state index contributed by atoms with van der Waals surface area (Å²) in [7, 11) is 2.01. The SMILES string of the molecule is Cn1ccnc1SCC1CCN(C(=O)OC(C)(C)C)CC1.F. The van der Waals surface area contributed by atoms with Crippen molar-refractivity contribution in [2.75, 3.05) is 18.8 Å². The van der Waals surface area contributed by atoms with Crippen LogP contribution in [0.15, 0.2) is 17.6 Å². The van der Waals surface area contributed by atoms with Crippen LogP contribution in [0.2, 0.25) is 0 Å². The molecule has 0 saturated carbocycles. The zero-order valence-corrected chi connectivity index (χ0v) is 14.6. The monoisotopic (exact) mass is 331 g/mol. The Labute approximate surface area is 135 Å². The minimum Gasteiger partial charge on any atom is -0.444 e. The van der Waals surface area contributed by atoms with Crippen LogP contribution in [0.3, 0.4) is 0 Å². The van der Waals surface area contributed by atoms with Gasteiger partial charge in [-0.2, -0.15) is 0 Å². The minimum absolute atomic E-state index is 0. The molecule has 1 amide bonds. The van der Waals surface area contributed by atoms with Crippen LogP contribution >= 0.6 is 11.8 Å². The molecule has 2 rings (SSSR count). The van der Waals surface area contributed by atoms with Crippen molar-refractivity contribution in [1.29, 1.82) is 0 Å². The van der Waals surface area contributed by atoms with Crippen LogP contribution in [0.1, 0.15) is 33.6 Å². The molecule has 0 unspecified atom stereocenters. The fourth-order valence-corrected chi connectivity index (χ4v) is 3.41. The molecule has 0 radical (unpaired) electrons. The molecule has 7 heteroatoms. The molecule has 1 aromatic rings. The lowest BCUT2D eigenvalue weighted by Gasteiger charge is -2.33. The number of carbonyl (C=O) groups excluding carboxylic acids is 1. The number of rotatable bonds is 3. The number of hydrogen-bond donors (Lipinski definition) is 0. The van der Waals surface area contributed by atoms with E-state index in [-0.39, 0.29) is 10.8 Å². The van der Waals surface area contributed by atoms with Crippen molar-refractivity contribution < 1.29 is 14.2 Å². The zero-order chi connectivity index (χ0) is 15.5. The Bertz CT molecular complexity index is 479. The third-order valence-electron chi connectivity index (χ3n) is 3.49. The second kappa shape index (κ2) is 7.85. The number of hydrogen-bond acceptors (Lipinski definition) is 4. The summed E-state index contributed by atoms with van der Waals surface area (Å²) in [6.45, 7) is 7.30. The van der Waals surface area contributed by atoms with Crippen LogP contribution in [0, 0.1) is 5.92 Å². The van der Waals surface area contributed by atoms with Gasteiger partial charge in [0.15, 0.2) is 5.16 Å². The summed E-state index contributed by atoms with van der Waals surface area (Å²) in [6.07, 6.45) is 5.69. The molecule has 2 heterocycles. The third kappa shape index (κ3) is 5.51. The first kappa shape index (κ1) is 18.8. The highest BCUT2D eigenvalue weighted by Crippen LogP contribution is 2.26. The molecule has 0 aliphatic carbocycles. The third-order valence-corrected chi connectivity index (χ3v) is 4.78. The van der Waals surface area contributed by atoms with Crippen molar-refractivity contribution in [1.82, 2.24) is 14.5 Å². The summed E-state index contributed by atoms with van der Waals surface area (Å²) >= 11 is 1.80. The first-order valence-corrected chi connectivity index (χ1v) is 8.42. The van der Waals surface area contributed by atoms with Crippen molar-refractivity contribution in [2.24, 2.45) is 13.0 Å². The molecule has 126 valence electrons. The van der Waals surface area contributed by atoms with E-state index in [0.717, 1.165) is 36.8 Å². The summed E-state index contributed by atoms with van der Waals surface area (Å²) < 4.78 is 7.46. The lowest BCUT2D eigenvalue weighted by molar-refractivity contribution is 0.0191. The maximum absolute atomic E-state index is 12.0. The Morgan fingerprint density at radius 3 is 2.55 bits per heavy atom. The number of thioether (sulfide) groups is 1. The van der Waals surface area contributed by atoms with Crippen LogP contribution < -0.4 is 0 Å². The molecular weight excluding hydrogens is 305 g/mol. The van der Waals surface area contributed by atoms with Gasteiger partial charge in [-0.25, -0.2) is 9.78 Å². The number of ether oxygens (including phenoxy) is 1. The zero-order valence-electron chi connectivity index (χ0n) is 13.7. The summed E-state index contributed by atoms with van der Waals surface area (Å²) in [5.41, 5.74) is -0.415. The topological polar surface area (TPSA) is 47.4 Å². The molecule has 1 aromatic heterocycles. The standard InChI is InChI=1S/C15H25N3O2S.FH/c1-15(2,3)20-14(19)18-8-5-12(6-9-18)11-21-13-16-7-10-17(13)4;/h7,10,12H,5-6,8-9,11H2,1-4H3;1H. The predicted molar refractivity (Wildman–Crippen MR) is 87.0 cm³/mol. The lowest BCUT2D eigenvalue weighted by Crippen LogP contribution is -2.42. The Balaban J connectivity index is 0.00000242. The molecule has 1 saturated heterocycles. The predicted octanol–water partition coefficient (Wildman–Crippen LogP) is 3.31. The fourth-order valence-electron chi connectivity index (χ4n) is 2.29. The molecule has 22 heavy (non-hydrogen) atoms. The molecule has 1 aliphatic heterocycles. The Kier molecular flexibility index (Phi) is 6.71. The van der Waals surface area contributed by atoms with Crippen molar-refractivity contribution in [2.45, 2.75) is 44.4 Å². The number of aryl methyl sites for hydroxylation is 1. The van der Waals surface area contributed by atoms with Gasteiger partial charge in [0.05, 0.1) is 0 Å². The number of imidazole rings is 1. The number of piperidine rings is 1. The van der Waals surface area contributed by atoms with Gasteiger partial charge in [0.25, 0.3) is 0 Å². The van der Waals surface area contributed by atoms with Gasteiger partial charge >= 0.3 is 6.09 Å². The molecular formula is C15H26FN3O2S. The van der Waals surface area contributed by atoms with E-state index in [2.05, 4.69) is 4.98 Å². The van der Waals surface area contributed by atoms with Crippen LogP contribution in [-0.4, -0.2) is 45.0 Å². The van der Waals surface area contributed by atoms with E-state index in [4.69, 9.17) is 4.74 Å². The van der Waals surface area contributed by atoms with Crippen LogP contribution in [0.4, 0.5) is 9.50 Å². The van der Waals surface area contributed by atoms with Crippen LogP contribution in [0.25, 0.3) is 0 Å². The van der Waals surface area contributed by atoms with Crippen molar-refractivity contribution in [3.63, 3.8) is 0 Å². The number of aromatic nitrogens is 2. The molecule has 0 N–H and O–H groups in total. The number of halogens is 1. The quantitative estimate of drug-likeness (QED) is 0.797. The van der Waals surface area contributed by atoms with Gasteiger partial charge in [0, 0.05) is 38.3 Å². The van der Waals surface area contributed by atoms with Gasteiger partial charge in [0.2, 0.25) is 0 Å². The fraction of sp³-hybridized carbons (Fsp3) is 0.733. The molecule has 0 spiro atoms. The average molecular weight is 331 g/mol. The van der Waals surface area contributed by atoms with Crippen LogP contribution in [-0.2, 0) is 11.8 Å². The van der Waals surface area contributed by atoms with Gasteiger partial charge in [0.1, 0.15) is 5.60 Å². The van der Waals surface area contributed by atoms with E-state index in [1.807, 2.05) is 49.7 Å². The second-order valence-corrected chi connectivity index (χ2v) is 7.53. The molecule has 0 aromatic carbocycles. The first-order chi connectivity index (χ1) is 9.85. The Hall–Kier alpha value is -1.24. The summed E-state index contributed by atoms with van der Waals surface area (Å²) in [5.74, 6) is 1.71. The van der Waals surface area contributed by atoms with Crippen LogP contribution in [0.5, 0.6) is 0 Å². The van der Waals surface area contributed by atoms with E-state index < -0.39 is 5.60 Å². The average Bonchev–Trinajstić information content (AvgIpc) is 2.80. The van der Waals surface area contributed by atoms with E-state index in [0.29, 0.717) is 5.92 Å². The van der Waals surface area contributed by atoms with E-state index in [1.54, 1.807) is 11.8 Å². The summed E-state index contributed by atoms with van der Waals surface area (Å²) in [4.78, 5) is 18.1. The summed E-state index contributed by atoms with van der Waals surface area (Å²) in [6, 6.07) is 0. The number of amides is 1. The van der Waals surface area contributed by atoms with Gasteiger partial charge in [-0.05, 0) is 39.5 Å². The van der Waals surface area contributed by atoms with E-state index in [1.165, 1.54) is 0 Å². The molecule has 5 nitrogen and oxygen atoms in total. The normalized spacial score (nSPS) is 16.3. The highest BCUT2D eigenvalue weighted by atomic mass is 32.2. The first-order valence-electron chi connectivity index (χ1n) is 7.43. The van der Waals surface area contributed by atoms with E-state index >= 15 is 0 Å². The number of carbonyl (C=O) groups is 1. The smallest absolute Gasteiger partial charge is 0.410 e. The Morgan fingerprint density at radius 1 is 1.41 bits per heavy atom. The lowest BCUT2D eigenvalue weighted by atomic mass is 9.99. The van der Waals surface area contributed by atoms with Gasteiger partial charge in [-0.3, -0.25) is 4.70 Å². The van der Waals surface area contributed by atoms with Crippen molar-refractivity contribution in [3.8, 4) is 0 Å². The van der Waals surface area contributed by atoms with Gasteiger partial charge in [-0.15, -0.1) is 0 Å². The molecule has 0 bridgehead atoms. The number of likely N-dealkylation sites (tertiary alicyclic amines) is 1.